The van der Waals surface area contributed by atoms with E-state index in [9.17, 15) is 19.0 Å². The van der Waals surface area contributed by atoms with Crippen LogP contribution in [0.2, 0.25) is 0 Å². The minimum Gasteiger partial charge on any atom is -0.462 e. The van der Waals surface area contributed by atoms with Gasteiger partial charge in [-0.15, -0.1) is 0 Å². The molecule has 0 aliphatic heterocycles. The smallest absolute Gasteiger partial charge is 0.462 e. The molecule has 0 aromatic carbocycles. The average molecular weight is 796 g/mol. The summed E-state index contributed by atoms with van der Waals surface area (Å²) in [5, 5.41) is 0. The van der Waals surface area contributed by atoms with Crippen LogP contribution in [0.3, 0.4) is 0 Å². The minimum absolute atomic E-state index is 0.0523. The zero-order chi connectivity index (χ0) is 40.3. The SMILES string of the molecule is CC/C=C\C/C=C\C/C=C\C/C=C\CCCCCCCCCCCCC(=O)OC(COC(=O)CCCCCCCCCCCCC)COP(=O)(O)OCCN. The molecule has 0 rings (SSSR count). The summed E-state index contributed by atoms with van der Waals surface area (Å²) in [7, 11) is -4.37. The zero-order valence-electron chi connectivity index (χ0n) is 35.2. The van der Waals surface area contributed by atoms with Gasteiger partial charge in [-0.3, -0.25) is 18.6 Å². The van der Waals surface area contributed by atoms with Crippen molar-refractivity contribution >= 4 is 19.8 Å². The number of hydrogen-bond donors (Lipinski definition) is 2. The molecular formula is C45H82NO8P. The van der Waals surface area contributed by atoms with Gasteiger partial charge in [-0.1, -0.05) is 178 Å². The number of carbonyl (C=O) groups is 2. The Balaban J connectivity index is 4.08. The van der Waals surface area contributed by atoms with E-state index in [-0.39, 0.29) is 38.6 Å². The van der Waals surface area contributed by atoms with Crippen LogP contribution in [0.15, 0.2) is 48.6 Å². The zero-order valence-corrected chi connectivity index (χ0v) is 36.0. The van der Waals surface area contributed by atoms with E-state index in [2.05, 4.69) is 62.5 Å². The van der Waals surface area contributed by atoms with Crippen LogP contribution in [0.25, 0.3) is 0 Å². The first kappa shape index (κ1) is 53.0. The summed E-state index contributed by atoms with van der Waals surface area (Å²) in [6, 6.07) is 0. The molecule has 10 heteroatoms. The van der Waals surface area contributed by atoms with Gasteiger partial charge < -0.3 is 20.1 Å². The highest BCUT2D eigenvalue weighted by Gasteiger charge is 2.26. The number of phosphoric ester groups is 1. The Morgan fingerprint density at radius 3 is 1.49 bits per heavy atom. The highest BCUT2D eigenvalue weighted by atomic mass is 31.2. The lowest BCUT2D eigenvalue weighted by Crippen LogP contribution is -2.29. The summed E-state index contributed by atoms with van der Waals surface area (Å²) in [6.45, 7) is 3.61. The second-order valence-electron chi connectivity index (χ2n) is 14.5. The molecule has 0 aromatic heterocycles. The Bertz CT molecular complexity index is 1040. The summed E-state index contributed by atoms with van der Waals surface area (Å²) in [5.41, 5.74) is 5.34. The van der Waals surface area contributed by atoms with Crippen LogP contribution in [-0.2, 0) is 32.7 Å². The lowest BCUT2D eigenvalue weighted by atomic mass is 10.0. The van der Waals surface area contributed by atoms with Crippen LogP contribution in [0.1, 0.15) is 194 Å². The predicted octanol–water partition coefficient (Wildman–Crippen LogP) is 12.7. The number of esters is 2. The van der Waals surface area contributed by atoms with E-state index in [4.69, 9.17) is 24.3 Å². The number of carbonyl (C=O) groups excluding carboxylic acids is 2. The van der Waals surface area contributed by atoms with Crippen molar-refractivity contribution < 1.29 is 37.6 Å². The first-order valence-corrected chi connectivity index (χ1v) is 23.6. The third-order valence-corrected chi connectivity index (χ3v) is 10.2. The van der Waals surface area contributed by atoms with Crippen molar-refractivity contribution in [2.75, 3.05) is 26.4 Å². The lowest BCUT2D eigenvalue weighted by Gasteiger charge is -2.19. The maximum Gasteiger partial charge on any atom is 0.472 e. The first-order chi connectivity index (χ1) is 26.8. The molecule has 3 N–H and O–H groups in total. The molecule has 0 bridgehead atoms. The molecule has 9 nitrogen and oxygen atoms in total. The third kappa shape index (κ3) is 41.4. The Labute approximate surface area is 336 Å². The molecule has 0 saturated heterocycles. The first-order valence-electron chi connectivity index (χ1n) is 22.1. The van der Waals surface area contributed by atoms with E-state index in [1.54, 1.807) is 0 Å². The second-order valence-corrected chi connectivity index (χ2v) is 16.0. The van der Waals surface area contributed by atoms with Crippen molar-refractivity contribution in [3.05, 3.63) is 48.6 Å². The van der Waals surface area contributed by atoms with Crippen molar-refractivity contribution in [1.82, 2.24) is 0 Å². The van der Waals surface area contributed by atoms with Crippen molar-refractivity contribution in [2.24, 2.45) is 5.73 Å². The van der Waals surface area contributed by atoms with E-state index in [1.165, 1.54) is 89.9 Å². The number of ether oxygens (including phenoxy) is 2. The number of allylic oxidation sites excluding steroid dienone is 8. The van der Waals surface area contributed by atoms with Crippen LogP contribution in [0.4, 0.5) is 0 Å². The fourth-order valence-corrected chi connectivity index (χ4v) is 6.74. The summed E-state index contributed by atoms with van der Waals surface area (Å²) in [4.78, 5) is 34.8. The molecule has 0 saturated carbocycles. The molecule has 0 aliphatic rings. The highest BCUT2D eigenvalue weighted by Crippen LogP contribution is 2.43. The van der Waals surface area contributed by atoms with Gasteiger partial charge in [0.2, 0.25) is 0 Å². The predicted molar refractivity (Wildman–Crippen MR) is 229 cm³/mol. The molecule has 0 fully saturated rings. The molecule has 0 amide bonds. The van der Waals surface area contributed by atoms with Crippen LogP contribution < -0.4 is 5.73 Å². The Kier molecular flexibility index (Phi) is 40.1. The van der Waals surface area contributed by atoms with Crippen molar-refractivity contribution in [2.45, 2.75) is 200 Å². The molecule has 0 radical (unpaired) electrons. The topological polar surface area (TPSA) is 134 Å². The second kappa shape index (κ2) is 41.6. The van der Waals surface area contributed by atoms with E-state index in [0.29, 0.717) is 6.42 Å². The van der Waals surface area contributed by atoms with Crippen LogP contribution in [0.5, 0.6) is 0 Å². The normalized spacial score (nSPS) is 13.7. The van der Waals surface area contributed by atoms with Gasteiger partial charge in [0, 0.05) is 19.4 Å². The van der Waals surface area contributed by atoms with Gasteiger partial charge in [-0.2, -0.15) is 0 Å². The quantitative estimate of drug-likeness (QED) is 0.0268. The van der Waals surface area contributed by atoms with E-state index >= 15 is 0 Å². The van der Waals surface area contributed by atoms with Crippen LogP contribution in [0, 0.1) is 0 Å². The molecule has 0 heterocycles. The third-order valence-electron chi connectivity index (χ3n) is 9.23. The fraction of sp³-hybridized carbons (Fsp3) is 0.778. The number of phosphoric acid groups is 1. The van der Waals surface area contributed by atoms with E-state index in [1.807, 2.05) is 0 Å². The van der Waals surface area contributed by atoms with Crippen molar-refractivity contribution in [3.8, 4) is 0 Å². The number of unbranched alkanes of at least 4 members (excludes halogenated alkanes) is 20. The summed E-state index contributed by atoms with van der Waals surface area (Å²) in [6.07, 6.45) is 47.1. The van der Waals surface area contributed by atoms with Gasteiger partial charge in [0.1, 0.15) is 6.61 Å². The van der Waals surface area contributed by atoms with E-state index < -0.39 is 26.5 Å². The number of nitrogens with two attached hydrogens (primary N) is 1. The summed E-state index contributed by atoms with van der Waals surface area (Å²) >= 11 is 0. The van der Waals surface area contributed by atoms with Gasteiger partial charge in [0.05, 0.1) is 13.2 Å². The Morgan fingerprint density at radius 2 is 1.00 bits per heavy atom. The standard InChI is InChI=1S/C45H82NO8P/c1-3-5-7-9-11-13-15-16-17-18-19-20-21-22-23-24-25-26-28-30-32-34-36-38-45(48)54-43(42-53-55(49,50)52-40-39-46)41-51-44(47)37-35-33-31-29-27-14-12-10-8-6-4-2/h5,7,11,13,16-17,19-20,43H,3-4,6,8-10,12,14-15,18,21-42,46H2,1-2H3,(H,49,50)/b7-5-,13-11-,17-16-,20-19-. The molecule has 55 heavy (non-hydrogen) atoms. The van der Waals surface area contributed by atoms with Crippen molar-refractivity contribution in [1.29, 1.82) is 0 Å². The maximum atomic E-state index is 12.6. The largest absolute Gasteiger partial charge is 0.472 e. The molecule has 0 aromatic rings. The Morgan fingerprint density at radius 1 is 0.564 bits per heavy atom. The van der Waals surface area contributed by atoms with Gasteiger partial charge in [0.15, 0.2) is 6.10 Å². The van der Waals surface area contributed by atoms with Crippen LogP contribution in [-0.4, -0.2) is 49.3 Å². The van der Waals surface area contributed by atoms with Gasteiger partial charge in [-0.05, 0) is 51.4 Å². The average Bonchev–Trinajstić information content (AvgIpc) is 3.17. The van der Waals surface area contributed by atoms with E-state index in [0.717, 1.165) is 70.6 Å². The summed E-state index contributed by atoms with van der Waals surface area (Å²) < 4.78 is 32.8. The van der Waals surface area contributed by atoms with Gasteiger partial charge in [-0.25, -0.2) is 4.57 Å². The molecule has 0 aliphatic carbocycles. The van der Waals surface area contributed by atoms with Crippen LogP contribution >= 0.6 is 7.82 Å². The minimum atomic E-state index is -4.37. The molecule has 2 unspecified atom stereocenters. The molecular weight excluding hydrogens is 713 g/mol. The highest BCUT2D eigenvalue weighted by molar-refractivity contribution is 7.47. The van der Waals surface area contributed by atoms with Crippen molar-refractivity contribution in [3.63, 3.8) is 0 Å². The fourth-order valence-electron chi connectivity index (χ4n) is 5.98. The van der Waals surface area contributed by atoms with Gasteiger partial charge >= 0.3 is 19.8 Å². The maximum absolute atomic E-state index is 12.6. The molecule has 320 valence electrons. The monoisotopic (exact) mass is 796 g/mol. The number of rotatable bonds is 41. The molecule has 2 atom stereocenters. The lowest BCUT2D eigenvalue weighted by molar-refractivity contribution is -0.161. The number of hydrogen-bond acceptors (Lipinski definition) is 8. The summed E-state index contributed by atoms with van der Waals surface area (Å²) in [5.74, 6) is -0.832. The Hall–Kier alpha value is -2.03. The van der Waals surface area contributed by atoms with Gasteiger partial charge in [0.25, 0.3) is 0 Å². The molecule has 0 spiro atoms.